The maximum Gasteiger partial charge on any atom is 0.320 e. The first-order valence-electron chi connectivity index (χ1n) is 10.1. The minimum absolute atomic E-state index is 0.0503. The lowest BCUT2D eigenvalue weighted by Crippen LogP contribution is -2.28. The number of imidazole rings is 1. The topological polar surface area (TPSA) is 61.9 Å². The van der Waals surface area contributed by atoms with Gasteiger partial charge in [-0.15, -0.1) is 0 Å². The molecule has 4 aromatic rings. The van der Waals surface area contributed by atoms with Crippen molar-refractivity contribution in [2.75, 3.05) is 6.61 Å². The molecular formula is C22H20F2N4O2S. The molecule has 1 aliphatic rings. The average Bonchev–Trinajstić information content (AvgIpc) is 3.41. The molecule has 1 aliphatic heterocycles. The minimum Gasteiger partial charge on any atom is -0.376 e. The van der Waals surface area contributed by atoms with Gasteiger partial charge in [-0.2, -0.15) is 8.78 Å². The Hall–Kier alpha value is -2.78. The number of para-hydroxylation sites is 3. The highest BCUT2D eigenvalue weighted by atomic mass is 32.2. The molecule has 0 aliphatic carbocycles. The van der Waals surface area contributed by atoms with Crippen LogP contribution in [0.5, 0.6) is 0 Å². The van der Waals surface area contributed by atoms with Crippen LogP contribution in [-0.2, 0) is 17.0 Å². The smallest absolute Gasteiger partial charge is 0.320 e. The number of benzene rings is 2. The second kappa shape index (κ2) is 8.39. The fraction of sp³-hybridized carbons (Fsp3) is 0.318. The highest BCUT2D eigenvalue weighted by Crippen LogP contribution is 2.28. The third kappa shape index (κ3) is 3.83. The van der Waals surface area contributed by atoms with Crippen LogP contribution in [0, 0.1) is 0 Å². The Kier molecular flexibility index (Phi) is 5.45. The summed E-state index contributed by atoms with van der Waals surface area (Å²) in [6.07, 6.45) is 1.79. The van der Waals surface area contributed by atoms with Gasteiger partial charge in [-0.3, -0.25) is 13.9 Å². The van der Waals surface area contributed by atoms with Crippen LogP contribution in [0.2, 0.25) is 0 Å². The molecule has 1 fully saturated rings. The zero-order chi connectivity index (χ0) is 21.4. The Morgan fingerprint density at radius 3 is 2.65 bits per heavy atom. The first-order chi connectivity index (χ1) is 15.1. The molecule has 0 bridgehead atoms. The van der Waals surface area contributed by atoms with E-state index in [9.17, 15) is 13.6 Å². The highest BCUT2D eigenvalue weighted by Gasteiger charge is 2.22. The van der Waals surface area contributed by atoms with Crippen LogP contribution in [0.3, 0.4) is 0 Å². The Morgan fingerprint density at radius 2 is 1.87 bits per heavy atom. The summed E-state index contributed by atoms with van der Waals surface area (Å²) in [7, 11) is 0. The summed E-state index contributed by atoms with van der Waals surface area (Å²) < 4.78 is 35.8. The summed E-state index contributed by atoms with van der Waals surface area (Å²) in [4.78, 5) is 22.2. The third-order valence-electron chi connectivity index (χ3n) is 5.43. The lowest BCUT2D eigenvalue weighted by molar-refractivity contribution is 0.0722. The molecule has 31 heavy (non-hydrogen) atoms. The lowest BCUT2D eigenvalue weighted by Gasteiger charge is -2.16. The van der Waals surface area contributed by atoms with Gasteiger partial charge in [0.1, 0.15) is 5.82 Å². The van der Waals surface area contributed by atoms with Crippen LogP contribution in [0.4, 0.5) is 8.78 Å². The molecule has 160 valence electrons. The van der Waals surface area contributed by atoms with Crippen LogP contribution < -0.4 is 5.56 Å². The molecule has 0 spiro atoms. The number of thioether (sulfide) groups is 1. The Morgan fingerprint density at radius 1 is 1.10 bits per heavy atom. The lowest BCUT2D eigenvalue weighted by atomic mass is 10.2. The Bertz CT molecular complexity index is 1300. The molecule has 0 unspecified atom stereocenters. The van der Waals surface area contributed by atoms with Crippen LogP contribution in [-0.4, -0.2) is 31.8 Å². The molecule has 0 saturated carbocycles. The molecule has 0 radical (unpaired) electrons. The number of hydrogen-bond acceptors (Lipinski definition) is 5. The predicted octanol–water partition coefficient (Wildman–Crippen LogP) is 4.61. The van der Waals surface area contributed by atoms with Gasteiger partial charge in [-0.05, 0) is 37.1 Å². The molecule has 0 amide bonds. The van der Waals surface area contributed by atoms with E-state index in [0.717, 1.165) is 17.4 Å². The number of halogens is 2. The highest BCUT2D eigenvalue weighted by molar-refractivity contribution is 7.98. The van der Waals surface area contributed by atoms with E-state index in [4.69, 9.17) is 4.74 Å². The molecule has 2 aromatic carbocycles. The third-order valence-corrected chi connectivity index (χ3v) is 6.40. The van der Waals surface area contributed by atoms with Crippen LogP contribution in [0.1, 0.15) is 25.2 Å². The first-order valence-corrected chi connectivity index (χ1v) is 11.1. The largest absolute Gasteiger partial charge is 0.376 e. The van der Waals surface area contributed by atoms with Crippen molar-refractivity contribution >= 4 is 33.7 Å². The number of nitrogens with zero attached hydrogens (tertiary/aromatic N) is 4. The molecule has 5 rings (SSSR count). The van der Waals surface area contributed by atoms with E-state index in [0.29, 0.717) is 40.2 Å². The van der Waals surface area contributed by atoms with Gasteiger partial charge < -0.3 is 4.74 Å². The number of fused-ring (bicyclic) bond motifs is 2. The zero-order valence-electron chi connectivity index (χ0n) is 16.6. The number of aromatic nitrogens is 4. The average molecular weight is 442 g/mol. The van der Waals surface area contributed by atoms with Gasteiger partial charge >= 0.3 is 6.55 Å². The number of alkyl halides is 2. The summed E-state index contributed by atoms with van der Waals surface area (Å²) in [6.45, 7) is -1.63. The van der Waals surface area contributed by atoms with Gasteiger partial charge in [-0.1, -0.05) is 36.0 Å². The van der Waals surface area contributed by atoms with Gasteiger partial charge in [0.15, 0.2) is 5.16 Å². The SMILES string of the molecule is O=c1c2ccccc2nc(SCc2nc3ccccc3n2C(F)F)n1C[C@H]1CCCO1. The van der Waals surface area contributed by atoms with Crippen molar-refractivity contribution in [1.29, 1.82) is 0 Å². The predicted molar refractivity (Wildman–Crippen MR) is 116 cm³/mol. The standard InChI is InChI=1S/C22H20F2N4O2S/c23-21(24)28-18-10-4-3-9-17(18)25-19(28)13-31-22-26-16-8-2-1-7-15(16)20(29)27(22)12-14-6-5-11-30-14/h1-4,7-10,14,21H,5-6,11-13H2/t14-/m1/s1. The van der Waals surface area contributed by atoms with Gasteiger partial charge in [0.25, 0.3) is 5.56 Å². The van der Waals surface area contributed by atoms with E-state index in [1.54, 1.807) is 47.0 Å². The second-order valence-electron chi connectivity index (χ2n) is 7.42. The van der Waals surface area contributed by atoms with E-state index in [-0.39, 0.29) is 23.2 Å². The fourth-order valence-electron chi connectivity index (χ4n) is 3.95. The van der Waals surface area contributed by atoms with Crippen molar-refractivity contribution < 1.29 is 13.5 Å². The normalized spacial score (nSPS) is 16.7. The van der Waals surface area contributed by atoms with E-state index < -0.39 is 6.55 Å². The van der Waals surface area contributed by atoms with E-state index in [1.165, 1.54) is 11.8 Å². The van der Waals surface area contributed by atoms with E-state index in [1.807, 2.05) is 6.07 Å². The Balaban J connectivity index is 1.53. The maximum absolute atomic E-state index is 13.8. The number of ether oxygens (including phenoxy) is 1. The molecule has 9 heteroatoms. The fourth-order valence-corrected chi connectivity index (χ4v) is 4.89. The Labute approximate surface area is 180 Å². The van der Waals surface area contributed by atoms with Crippen molar-refractivity contribution in [3.8, 4) is 0 Å². The van der Waals surface area contributed by atoms with Crippen molar-refractivity contribution in [3.05, 3.63) is 64.7 Å². The van der Waals surface area contributed by atoms with Crippen LogP contribution in [0.15, 0.2) is 58.5 Å². The van der Waals surface area contributed by atoms with Crippen molar-refractivity contribution in [2.24, 2.45) is 0 Å². The minimum atomic E-state index is -2.71. The summed E-state index contributed by atoms with van der Waals surface area (Å²) >= 11 is 1.24. The molecule has 0 N–H and O–H groups in total. The monoisotopic (exact) mass is 442 g/mol. The zero-order valence-corrected chi connectivity index (χ0v) is 17.4. The molecule has 1 saturated heterocycles. The van der Waals surface area contributed by atoms with Gasteiger partial charge in [0, 0.05) is 6.61 Å². The molecule has 2 aromatic heterocycles. The van der Waals surface area contributed by atoms with Crippen LogP contribution >= 0.6 is 11.8 Å². The summed E-state index contributed by atoms with van der Waals surface area (Å²) in [5.74, 6) is 0.405. The molecule has 3 heterocycles. The molecular weight excluding hydrogens is 422 g/mol. The molecule has 1 atom stereocenters. The van der Waals surface area contributed by atoms with Crippen molar-refractivity contribution in [3.63, 3.8) is 0 Å². The summed E-state index contributed by atoms with van der Waals surface area (Å²) in [6, 6.07) is 14.0. The second-order valence-corrected chi connectivity index (χ2v) is 8.36. The van der Waals surface area contributed by atoms with Crippen molar-refractivity contribution in [2.45, 2.75) is 42.9 Å². The van der Waals surface area contributed by atoms with Gasteiger partial charge in [-0.25, -0.2) is 9.97 Å². The molecule has 6 nitrogen and oxygen atoms in total. The van der Waals surface area contributed by atoms with Gasteiger partial charge in [0.05, 0.1) is 40.3 Å². The first kappa shape index (κ1) is 20.1. The quantitative estimate of drug-likeness (QED) is 0.322. The number of rotatable bonds is 6. The summed E-state index contributed by atoms with van der Waals surface area (Å²) in [5, 5.41) is 1.01. The summed E-state index contributed by atoms with van der Waals surface area (Å²) in [5.41, 5.74) is 1.34. The van der Waals surface area contributed by atoms with Gasteiger partial charge in [0.2, 0.25) is 0 Å². The van der Waals surface area contributed by atoms with E-state index >= 15 is 0 Å². The number of hydrogen-bond donors (Lipinski definition) is 0. The van der Waals surface area contributed by atoms with E-state index in [2.05, 4.69) is 9.97 Å². The van der Waals surface area contributed by atoms with Crippen LogP contribution in [0.25, 0.3) is 21.9 Å². The van der Waals surface area contributed by atoms with Crippen molar-refractivity contribution in [1.82, 2.24) is 19.1 Å². The maximum atomic E-state index is 13.8.